The van der Waals surface area contributed by atoms with Gasteiger partial charge >= 0.3 is 6.18 Å². The molecular weight excluding hydrogens is 509 g/mol. The van der Waals surface area contributed by atoms with Gasteiger partial charge in [-0.3, -0.25) is 9.78 Å². The Morgan fingerprint density at radius 3 is 2.61 bits per heavy atom. The number of likely N-dealkylation sites (N-methyl/N-ethyl adjacent to an activating group) is 1. The van der Waals surface area contributed by atoms with E-state index in [2.05, 4.69) is 30.8 Å². The van der Waals surface area contributed by atoms with Crippen molar-refractivity contribution in [3.8, 4) is 5.75 Å². The molecule has 38 heavy (non-hydrogen) atoms. The summed E-state index contributed by atoms with van der Waals surface area (Å²) in [6, 6.07) is 12.8. The first-order valence-corrected chi connectivity index (χ1v) is 13.3. The molecule has 0 bridgehead atoms. The number of carbonyl (C=O) groups excluding carboxylic acids is 1. The number of amides is 1. The first-order chi connectivity index (χ1) is 17.9. The Kier molecular flexibility index (Phi) is 6.89. The molecule has 2 heterocycles. The summed E-state index contributed by atoms with van der Waals surface area (Å²) in [6.07, 6.45) is -1.97. The number of pyridine rings is 1. The molecule has 1 saturated carbocycles. The van der Waals surface area contributed by atoms with Crippen LogP contribution in [0.4, 0.5) is 18.9 Å². The van der Waals surface area contributed by atoms with Crippen LogP contribution in [-0.2, 0) is 5.54 Å². The SMILES string of the molecule is Cc1ccc2c(C3(NC(=O)c4cc(OC([Si])[C@@H]5CCN5C)ccc4C)CC3)cc(NCC(F)(F)F)cc2n1. The van der Waals surface area contributed by atoms with Gasteiger partial charge in [-0.2, -0.15) is 13.2 Å². The number of rotatable bonds is 8. The zero-order valence-corrected chi connectivity index (χ0v) is 22.6. The fourth-order valence-corrected chi connectivity index (χ4v) is 5.53. The van der Waals surface area contributed by atoms with Gasteiger partial charge in [0.2, 0.25) is 0 Å². The van der Waals surface area contributed by atoms with Crippen LogP contribution in [0.15, 0.2) is 42.5 Å². The van der Waals surface area contributed by atoms with Crippen molar-refractivity contribution in [3.05, 3.63) is 64.8 Å². The third kappa shape index (κ3) is 5.51. The number of aromatic nitrogens is 1. The lowest BCUT2D eigenvalue weighted by Gasteiger charge is -2.41. The number of nitrogens with zero attached hydrogens (tertiary/aromatic N) is 2. The van der Waals surface area contributed by atoms with Gasteiger partial charge in [-0.05, 0) is 88.2 Å². The van der Waals surface area contributed by atoms with Gasteiger partial charge in [-0.15, -0.1) is 0 Å². The maximum atomic E-state index is 13.6. The van der Waals surface area contributed by atoms with E-state index in [9.17, 15) is 18.0 Å². The Hall–Kier alpha value is -3.11. The molecular formula is C28H30F3N4O2Si. The first-order valence-electron chi connectivity index (χ1n) is 12.7. The molecule has 6 nitrogen and oxygen atoms in total. The molecule has 1 unspecified atom stereocenters. The van der Waals surface area contributed by atoms with Crippen LogP contribution in [0.2, 0.25) is 0 Å². The summed E-state index contributed by atoms with van der Waals surface area (Å²) in [5.41, 5.74) is 2.85. The van der Waals surface area contributed by atoms with Gasteiger partial charge < -0.3 is 20.3 Å². The van der Waals surface area contributed by atoms with Gasteiger partial charge in [0.25, 0.3) is 5.91 Å². The summed E-state index contributed by atoms with van der Waals surface area (Å²) in [5.74, 6) is 0.341. The van der Waals surface area contributed by atoms with Gasteiger partial charge in [0.05, 0.1) is 27.0 Å². The van der Waals surface area contributed by atoms with Gasteiger partial charge in [0.15, 0.2) is 0 Å². The van der Waals surface area contributed by atoms with Crippen LogP contribution < -0.4 is 15.4 Å². The quantitative estimate of drug-likeness (QED) is 0.402. The molecule has 1 aliphatic carbocycles. The maximum Gasteiger partial charge on any atom is 0.405 e. The molecule has 2 fully saturated rings. The molecule has 5 rings (SSSR count). The summed E-state index contributed by atoms with van der Waals surface area (Å²) >= 11 is 0. The number of fused-ring (bicyclic) bond motifs is 1. The number of halogens is 3. The average molecular weight is 540 g/mol. The Morgan fingerprint density at radius 2 is 1.97 bits per heavy atom. The van der Waals surface area contributed by atoms with Crippen molar-refractivity contribution in [3.63, 3.8) is 0 Å². The highest BCUT2D eigenvalue weighted by Crippen LogP contribution is 2.49. The second-order valence-corrected chi connectivity index (χ2v) is 11.0. The Balaban J connectivity index is 1.42. The van der Waals surface area contributed by atoms with Gasteiger partial charge in [-0.1, -0.05) is 12.1 Å². The molecule has 1 aromatic heterocycles. The number of aryl methyl sites for hydroxylation is 2. The van der Waals surface area contributed by atoms with E-state index in [1.807, 2.05) is 45.2 Å². The molecule has 2 N–H and O–H groups in total. The van der Waals surface area contributed by atoms with Crippen molar-refractivity contribution in [2.24, 2.45) is 0 Å². The highest BCUT2D eigenvalue weighted by Gasteiger charge is 2.47. The molecule has 1 aliphatic heterocycles. The molecule has 2 atom stereocenters. The topological polar surface area (TPSA) is 66.5 Å². The minimum Gasteiger partial charge on any atom is -0.493 e. The standard InChI is InChI=1S/C28H30F3N4O2Si/c1-16-4-6-19(37-26(38)24-8-11-35(24)3)14-21(16)25(36)34-27(9-10-27)22-12-18(32-15-28(29,30)31)13-23-20(22)7-5-17(2)33-23/h4-7,12-14,24,26,32H,8-11,15H2,1-3H3,(H,34,36)/t24-,26?/m0/s1. The van der Waals surface area contributed by atoms with Crippen LogP contribution in [0, 0.1) is 13.8 Å². The normalized spacial score (nSPS) is 19.5. The molecule has 0 spiro atoms. The number of ether oxygens (including phenoxy) is 1. The second kappa shape index (κ2) is 9.89. The minimum absolute atomic E-state index is 0.198. The molecule has 2 aromatic carbocycles. The lowest BCUT2D eigenvalue weighted by atomic mass is 9.97. The number of benzene rings is 2. The van der Waals surface area contributed by atoms with Gasteiger partial charge in [0.1, 0.15) is 12.3 Å². The highest BCUT2D eigenvalue weighted by atomic mass is 28.1. The third-order valence-corrected chi connectivity index (χ3v) is 7.97. The third-order valence-electron chi connectivity index (χ3n) is 7.47. The van der Waals surface area contributed by atoms with Crippen LogP contribution in [0.5, 0.6) is 5.75 Å². The number of nitrogens with one attached hydrogen (secondary N) is 2. The summed E-state index contributed by atoms with van der Waals surface area (Å²) in [4.78, 5) is 20.3. The van der Waals surface area contributed by atoms with E-state index in [0.29, 0.717) is 35.4 Å². The number of carbonyl (C=O) groups is 1. The van der Waals surface area contributed by atoms with Gasteiger partial charge in [0, 0.05) is 28.4 Å². The molecule has 3 radical (unpaired) electrons. The Labute approximate surface area is 223 Å². The fourth-order valence-electron chi connectivity index (χ4n) is 4.97. The van der Waals surface area contributed by atoms with E-state index >= 15 is 0 Å². The lowest BCUT2D eigenvalue weighted by molar-refractivity contribution is -0.115. The van der Waals surface area contributed by atoms with E-state index in [1.165, 1.54) is 0 Å². The van der Waals surface area contributed by atoms with Crippen LogP contribution in [0.25, 0.3) is 10.9 Å². The van der Waals surface area contributed by atoms with E-state index in [4.69, 9.17) is 4.74 Å². The molecule has 2 aliphatic rings. The van der Waals surface area contributed by atoms with Crippen molar-refractivity contribution in [2.45, 2.75) is 56.6 Å². The van der Waals surface area contributed by atoms with Crippen LogP contribution in [-0.4, -0.2) is 64.1 Å². The predicted octanol–water partition coefficient (Wildman–Crippen LogP) is 4.82. The minimum atomic E-state index is -4.35. The van der Waals surface area contributed by atoms with Crippen molar-refractivity contribution in [1.29, 1.82) is 0 Å². The molecule has 199 valence electrons. The molecule has 10 heteroatoms. The Morgan fingerprint density at radius 1 is 1.21 bits per heavy atom. The number of hydrogen-bond acceptors (Lipinski definition) is 5. The number of likely N-dealkylation sites (tertiary alicyclic amines) is 1. The number of alkyl halides is 3. The van der Waals surface area contributed by atoms with E-state index in [0.717, 1.165) is 35.2 Å². The largest absolute Gasteiger partial charge is 0.493 e. The maximum absolute atomic E-state index is 13.6. The van der Waals surface area contributed by atoms with Gasteiger partial charge in [-0.25, -0.2) is 0 Å². The van der Waals surface area contributed by atoms with Crippen molar-refractivity contribution >= 4 is 32.7 Å². The smallest absolute Gasteiger partial charge is 0.405 e. The predicted molar refractivity (Wildman–Crippen MR) is 142 cm³/mol. The van der Waals surface area contributed by atoms with Crippen molar-refractivity contribution in [2.75, 3.05) is 25.5 Å². The van der Waals surface area contributed by atoms with Crippen LogP contribution in [0.3, 0.4) is 0 Å². The monoisotopic (exact) mass is 539 g/mol. The summed E-state index contributed by atoms with van der Waals surface area (Å²) in [5, 5.41) is 6.47. The zero-order valence-electron chi connectivity index (χ0n) is 21.6. The summed E-state index contributed by atoms with van der Waals surface area (Å²) in [6.45, 7) is 3.57. The second-order valence-electron chi connectivity index (χ2n) is 10.4. The van der Waals surface area contributed by atoms with Crippen LogP contribution >= 0.6 is 0 Å². The average Bonchev–Trinajstić information content (AvgIpc) is 3.62. The molecule has 1 saturated heterocycles. The van der Waals surface area contributed by atoms with E-state index < -0.39 is 18.3 Å². The molecule has 3 aromatic rings. The summed E-state index contributed by atoms with van der Waals surface area (Å²) in [7, 11) is 5.72. The molecule has 1 amide bonds. The number of anilines is 1. The van der Waals surface area contributed by atoms with Crippen molar-refractivity contribution < 1.29 is 22.7 Å². The van der Waals surface area contributed by atoms with E-state index in [-0.39, 0.29) is 17.7 Å². The number of hydrogen-bond donors (Lipinski definition) is 2. The fraction of sp³-hybridized carbons (Fsp3) is 0.429. The zero-order chi connectivity index (χ0) is 27.2. The van der Waals surface area contributed by atoms with Crippen molar-refractivity contribution in [1.82, 2.24) is 15.2 Å². The first kappa shape index (κ1) is 26.5. The highest BCUT2D eigenvalue weighted by molar-refractivity contribution is 6.11. The van der Waals surface area contributed by atoms with Crippen LogP contribution in [0.1, 0.15) is 46.4 Å². The lowest BCUT2D eigenvalue weighted by Crippen LogP contribution is -2.53. The van der Waals surface area contributed by atoms with E-state index in [1.54, 1.807) is 18.2 Å². The Bertz CT molecular complexity index is 1380. The summed E-state index contributed by atoms with van der Waals surface area (Å²) < 4.78 is 44.8.